The van der Waals surface area contributed by atoms with Crippen LogP contribution in [0.25, 0.3) is 0 Å². The van der Waals surface area contributed by atoms with Crippen LogP contribution in [0.5, 0.6) is 0 Å². The molecule has 6 heteroatoms. The van der Waals surface area contributed by atoms with E-state index in [2.05, 4.69) is 5.32 Å². The first-order chi connectivity index (χ1) is 8.85. The van der Waals surface area contributed by atoms with Gasteiger partial charge in [0.25, 0.3) is 0 Å². The van der Waals surface area contributed by atoms with Crippen LogP contribution in [0.15, 0.2) is 18.2 Å². The summed E-state index contributed by atoms with van der Waals surface area (Å²) < 4.78 is 26.3. The van der Waals surface area contributed by atoms with Crippen molar-refractivity contribution in [2.75, 3.05) is 5.32 Å². The van der Waals surface area contributed by atoms with E-state index in [-0.39, 0.29) is 10.7 Å². The van der Waals surface area contributed by atoms with Gasteiger partial charge in [0.15, 0.2) is 0 Å². The van der Waals surface area contributed by atoms with Crippen LogP contribution in [0, 0.1) is 23.0 Å². The monoisotopic (exact) mass is 284 g/mol. The van der Waals surface area contributed by atoms with Gasteiger partial charge in [-0.05, 0) is 30.9 Å². The van der Waals surface area contributed by atoms with Crippen molar-refractivity contribution < 1.29 is 13.6 Å². The van der Waals surface area contributed by atoms with Crippen molar-refractivity contribution in [2.45, 2.75) is 19.8 Å². The SMILES string of the molecule is CC1CC(C(=O)Nc2ccc(F)cc2F)(C(N)=S)C1. The molecule has 1 aliphatic rings. The molecule has 0 bridgehead atoms. The van der Waals surface area contributed by atoms with Crippen molar-refractivity contribution in [2.24, 2.45) is 17.1 Å². The molecule has 102 valence electrons. The van der Waals surface area contributed by atoms with E-state index < -0.39 is 23.0 Å². The van der Waals surface area contributed by atoms with E-state index in [4.69, 9.17) is 18.0 Å². The van der Waals surface area contributed by atoms with Gasteiger partial charge in [-0.15, -0.1) is 0 Å². The smallest absolute Gasteiger partial charge is 0.237 e. The van der Waals surface area contributed by atoms with Gasteiger partial charge in [-0.2, -0.15) is 0 Å². The van der Waals surface area contributed by atoms with Crippen LogP contribution in [0.4, 0.5) is 14.5 Å². The maximum absolute atomic E-state index is 13.5. The van der Waals surface area contributed by atoms with Crippen LogP contribution in [-0.2, 0) is 4.79 Å². The molecular weight excluding hydrogens is 270 g/mol. The molecule has 0 saturated heterocycles. The zero-order valence-electron chi connectivity index (χ0n) is 10.4. The average Bonchev–Trinajstić information content (AvgIpc) is 2.27. The van der Waals surface area contributed by atoms with Gasteiger partial charge in [0, 0.05) is 6.07 Å². The van der Waals surface area contributed by atoms with E-state index in [0.29, 0.717) is 24.8 Å². The molecule has 0 aliphatic heterocycles. The summed E-state index contributed by atoms with van der Waals surface area (Å²) >= 11 is 4.94. The summed E-state index contributed by atoms with van der Waals surface area (Å²) in [5, 5.41) is 2.43. The molecule has 3 N–H and O–H groups in total. The lowest BCUT2D eigenvalue weighted by Crippen LogP contribution is -2.53. The fourth-order valence-corrected chi connectivity index (χ4v) is 2.72. The first-order valence-corrected chi connectivity index (χ1v) is 6.32. The maximum atomic E-state index is 13.5. The van der Waals surface area contributed by atoms with Crippen LogP contribution < -0.4 is 11.1 Å². The first kappa shape index (κ1) is 13.9. The second kappa shape index (κ2) is 4.85. The highest BCUT2D eigenvalue weighted by atomic mass is 32.1. The van der Waals surface area contributed by atoms with E-state index in [1.54, 1.807) is 0 Å². The van der Waals surface area contributed by atoms with Crippen molar-refractivity contribution in [3.8, 4) is 0 Å². The first-order valence-electron chi connectivity index (χ1n) is 5.91. The molecular formula is C13H14F2N2OS. The van der Waals surface area contributed by atoms with Crippen LogP contribution in [-0.4, -0.2) is 10.9 Å². The molecule has 0 heterocycles. The van der Waals surface area contributed by atoms with Gasteiger partial charge >= 0.3 is 0 Å². The van der Waals surface area contributed by atoms with Crippen molar-refractivity contribution in [3.63, 3.8) is 0 Å². The lowest BCUT2D eigenvalue weighted by atomic mass is 9.62. The molecule has 1 fully saturated rings. The van der Waals surface area contributed by atoms with E-state index in [9.17, 15) is 13.6 Å². The van der Waals surface area contributed by atoms with Crippen LogP contribution in [0.1, 0.15) is 19.8 Å². The number of carbonyl (C=O) groups is 1. The normalized spacial score (nSPS) is 25.5. The molecule has 0 unspecified atom stereocenters. The van der Waals surface area contributed by atoms with Crippen LogP contribution >= 0.6 is 12.2 Å². The molecule has 2 rings (SSSR count). The Morgan fingerprint density at radius 1 is 1.47 bits per heavy atom. The van der Waals surface area contributed by atoms with Crippen LogP contribution in [0.3, 0.4) is 0 Å². The van der Waals surface area contributed by atoms with E-state index in [1.165, 1.54) is 6.07 Å². The lowest BCUT2D eigenvalue weighted by molar-refractivity contribution is -0.127. The largest absolute Gasteiger partial charge is 0.392 e. The molecule has 0 radical (unpaired) electrons. The van der Waals surface area contributed by atoms with Crippen molar-refractivity contribution in [1.82, 2.24) is 0 Å². The maximum Gasteiger partial charge on any atom is 0.237 e. The quantitative estimate of drug-likeness (QED) is 0.839. The summed E-state index contributed by atoms with van der Waals surface area (Å²) in [4.78, 5) is 12.3. The third kappa shape index (κ3) is 2.45. The topological polar surface area (TPSA) is 55.1 Å². The Kier molecular flexibility index (Phi) is 3.54. The summed E-state index contributed by atoms with van der Waals surface area (Å²) in [6.45, 7) is 1.99. The van der Waals surface area contributed by atoms with Gasteiger partial charge in [0.2, 0.25) is 5.91 Å². The minimum absolute atomic E-state index is 0.0680. The molecule has 19 heavy (non-hydrogen) atoms. The third-order valence-corrected chi connectivity index (χ3v) is 3.87. The molecule has 0 aromatic heterocycles. The van der Waals surface area contributed by atoms with Crippen molar-refractivity contribution in [1.29, 1.82) is 0 Å². The number of hydrogen-bond acceptors (Lipinski definition) is 2. The second-order valence-electron chi connectivity index (χ2n) is 5.04. The Morgan fingerprint density at radius 2 is 2.11 bits per heavy atom. The summed E-state index contributed by atoms with van der Waals surface area (Å²) in [7, 11) is 0. The minimum atomic E-state index is -0.907. The highest BCUT2D eigenvalue weighted by Gasteiger charge is 2.50. The number of nitrogens with one attached hydrogen (secondary N) is 1. The third-order valence-electron chi connectivity index (χ3n) is 3.48. The predicted molar refractivity (Wildman–Crippen MR) is 72.6 cm³/mol. The number of carbonyl (C=O) groups excluding carboxylic acids is 1. The van der Waals surface area contributed by atoms with Crippen molar-refractivity contribution >= 4 is 28.8 Å². The van der Waals surface area contributed by atoms with E-state index >= 15 is 0 Å². The molecule has 0 atom stereocenters. The Morgan fingerprint density at radius 3 is 2.58 bits per heavy atom. The zero-order valence-corrected chi connectivity index (χ0v) is 11.2. The van der Waals surface area contributed by atoms with Gasteiger partial charge in [0.1, 0.15) is 11.6 Å². The highest BCUT2D eigenvalue weighted by molar-refractivity contribution is 7.80. The van der Waals surface area contributed by atoms with Gasteiger partial charge in [0.05, 0.1) is 16.1 Å². The van der Waals surface area contributed by atoms with Gasteiger partial charge in [-0.25, -0.2) is 8.78 Å². The van der Waals surface area contributed by atoms with Gasteiger partial charge in [-0.3, -0.25) is 4.79 Å². The number of rotatable bonds is 3. The summed E-state index contributed by atoms with van der Waals surface area (Å²) in [5.74, 6) is -1.59. The predicted octanol–water partition coefficient (Wildman–Crippen LogP) is 2.61. The number of amides is 1. The Balaban J connectivity index is 2.19. The number of hydrogen-bond donors (Lipinski definition) is 2. The van der Waals surface area contributed by atoms with Crippen molar-refractivity contribution in [3.05, 3.63) is 29.8 Å². The molecule has 1 amide bonds. The second-order valence-corrected chi connectivity index (χ2v) is 5.48. The van der Waals surface area contributed by atoms with Gasteiger partial charge < -0.3 is 11.1 Å². The summed E-state index contributed by atoms with van der Waals surface area (Å²) in [6.07, 6.45) is 1.11. The minimum Gasteiger partial charge on any atom is -0.392 e. The molecule has 1 aromatic rings. The Bertz CT molecular complexity index is 541. The summed E-state index contributed by atoms with van der Waals surface area (Å²) in [5.41, 5.74) is 4.65. The lowest BCUT2D eigenvalue weighted by Gasteiger charge is -2.44. The molecule has 1 aliphatic carbocycles. The highest BCUT2D eigenvalue weighted by Crippen LogP contribution is 2.46. The molecule has 3 nitrogen and oxygen atoms in total. The van der Waals surface area contributed by atoms with Crippen LogP contribution in [0.2, 0.25) is 0 Å². The van der Waals surface area contributed by atoms with E-state index in [0.717, 1.165) is 6.07 Å². The molecule has 0 spiro atoms. The average molecular weight is 284 g/mol. The number of nitrogens with two attached hydrogens (primary N) is 1. The molecule has 1 saturated carbocycles. The zero-order chi connectivity index (χ0) is 14.2. The fraction of sp³-hybridized carbons (Fsp3) is 0.385. The fourth-order valence-electron chi connectivity index (χ4n) is 2.46. The Hall–Kier alpha value is -1.56. The number of thiocarbonyl (C=S) groups is 1. The Labute approximate surface area is 115 Å². The summed E-state index contributed by atoms with van der Waals surface area (Å²) in [6, 6.07) is 2.97. The number of halogens is 2. The van der Waals surface area contributed by atoms with E-state index in [1.807, 2.05) is 6.92 Å². The molecule has 1 aromatic carbocycles. The van der Waals surface area contributed by atoms with Gasteiger partial charge in [-0.1, -0.05) is 19.1 Å². The standard InChI is InChI=1S/C13H14F2N2OS/c1-7-5-13(6-7,11(16)19)12(18)17-10-3-2-8(14)4-9(10)15/h2-4,7H,5-6H2,1H3,(H2,16,19)(H,17,18). The number of anilines is 1. The number of benzene rings is 1.